The van der Waals surface area contributed by atoms with Crippen LogP contribution in [0.25, 0.3) is 11.0 Å². The van der Waals surface area contributed by atoms with Gasteiger partial charge in [0.05, 0.1) is 17.0 Å². The van der Waals surface area contributed by atoms with E-state index in [0.717, 1.165) is 21.2 Å². The van der Waals surface area contributed by atoms with Crippen molar-refractivity contribution in [2.75, 3.05) is 6.79 Å². The lowest BCUT2D eigenvalue weighted by Gasteiger charge is -2.25. The first-order valence-corrected chi connectivity index (χ1v) is 11.3. The molecule has 0 bridgehead atoms. The number of benzene rings is 3. The highest BCUT2D eigenvalue weighted by Crippen LogP contribution is 2.41. The number of aryl methyl sites for hydroxylation is 1. The first kappa shape index (κ1) is 20.1. The van der Waals surface area contributed by atoms with Crippen LogP contribution in [0.2, 0.25) is 0 Å². The Kier molecular flexibility index (Phi) is 4.55. The molecular formula is C26H18BrNO5. The minimum atomic E-state index is -0.573. The predicted molar refractivity (Wildman–Crippen MR) is 126 cm³/mol. The summed E-state index contributed by atoms with van der Waals surface area (Å²) in [6.07, 6.45) is 0. The number of carbonyl (C=O) groups excluding carboxylic acids is 1. The second-order valence-electron chi connectivity index (χ2n) is 8.25. The van der Waals surface area contributed by atoms with Crippen molar-refractivity contribution >= 4 is 32.8 Å². The Morgan fingerprint density at radius 3 is 2.70 bits per heavy atom. The number of hydrogen-bond acceptors (Lipinski definition) is 5. The minimum absolute atomic E-state index is 0.0991. The summed E-state index contributed by atoms with van der Waals surface area (Å²) in [5, 5.41) is 0.478. The summed E-state index contributed by atoms with van der Waals surface area (Å²) >= 11 is 3.52. The summed E-state index contributed by atoms with van der Waals surface area (Å²) in [5.74, 6) is 1.11. The lowest BCUT2D eigenvalue weighted by atomic mass is 9.98. The highest BCUT2D eigenvalue weighted by Gasteiger charge is 2.42. The number of hydrogen-bond donors (Lipinski definition) is 0. The Balaban J connectivity index is 1.53. The summed E-state index contributed by atoms with van der Waals surface area (Å²) < 4.78 is 17.8. The average molecular weight is 504 g/mol. The topological polar surface area (TPSA) is 69.0 Å². The maximum atomic E-state index is 13.7. The third kappa shape index (κ3) is 3.23. The molecule has 7 heteroatoms. The average Bonchev–Trinajstić information content (AvgIpc) is 3.37. The van der Waals surface area contributed by atoms with Crippen molar-refractivity contribution in [2.45, 2.75) is 19.5 Å². The number of amides is 1. The van der Waals surface area contributed by atoms with E-state index >= 15 is 0 Å². The molecule has 0 aliphatic carbocycles. The van der Waals surface area contributed by atoms with E-state index in [1.54, 1.807) is 11.0 Å². The highest BCUT2D eigenvalue weighted by molar-refractivity contribution is 9.10. The van der Waals surface area contributed by atoms with Crippen molar-refractivity contribution in [3.63, 3.8) is 0 Å². The van der Waals surface area contributed by atoms with E-state index in [-0.39, 0.29) is 30.4 Å². The molecule has 4 aromatic rings. The highest BCUT2D eigenvalue weighted by atomic mass is 79.9. The standard InChI is InChI=1S/C26H18BrNO5/c1-14-5-7-19-18(9-14)24(29)22-23(16-3-2-4-17(27)11-16)28(26(30)25(22)33-19)12-15-6-8-20-21(10-15)32-13-31-20/h2-11,23H,12-13H2,1H3. The van der Waals surface area contributed by atoms with Gasteiger partial charge in [-0.05, 0) is 54.4 Å². The molecule has 33 heavy (non-hydrogen) atoms. The number of halogens is 1. The zero-order valence-electron chi connectivity index (χ0n) is 17.6. The van der Waals surface area contributed by atoms with Crippen LogP contribution in [0.5, 0.6) is 11.5 Å². The molecule has 6 nitrogen and oxygen atoms in total. The van der Waals surface area contributed by atoms with Crippen LogP contribution in [0.4, 0.5) is 0 Å². The van der Waals surface area contributed by atoms with Gasteiger partial charge in [0.25, 0.3) is 5.91 Å². The first-order chi connectivity index (χ1) is 16.0. The monoisotopic (exact) mass is 503 g/mol. The largest absolute Gasteiger partial charge is 0.454 e. The van der Waals surface area contributed by atoms with Gasteiger partial charge in [-0.25, -0.2) is 0 Å². The van der Waals surface area contributed by atoms with Gasteiger partial charge in [-0.2, -0.15) is 0 Å². The molecule has 1 aromatic heterocycles. The van der Waals surface area contributed by atoms with E-state index < -0.39 is 6.04 Å². The fraction of sp³-hybridized carbons (Fsp3) is 0.154. The van der Waals surface area contributed by atoms with Gasteiger partial charge in [-0.1, -0.05) is 45.8 Å². The summed E-state index contributed by atoms with van der Waals surface area (Å²) in [7, 11) is 0. The van der Waals surface area contributed by atoms with E-state index in [2.05, 4.69) is 15.9 Å². The number of carbonyl (C=O) groups is 1. The minimum Gasteiger partial charge on any atom is -0.454 e. The van der Waals surface area contributed by atoms with Crippen LogP contribution in [0.3, 0.4) is 0 Å². The molecule has 1 unspecified atom stereocenters. The maximum Gasteiger partial charge on any atom is 0.291 e. The zero-order chi connectivity index (χ0) is 22.7. The zero-order valence-corrected chi connectivity index (χ0v) is 19.2. The quantitative estimate of drug-likeness (QED) is 0.377. The molecule has 1 amide bonds. The summed E-state index contributed by atoms with van der Waals surface area (Å²) in [5.41, 5.74) is 3.26. The van der Waals surface area contributed by atoms with Crippen LogP contribution in [0.15, 0.2) is 74.3 Å². The number of fused-ring (bicyclic) bond motifs is 3. The Morgan fingerprint density at radius 2 is 1.85 bits per heavy atom. The van der Waals surface area contributed by atoms with Gasteiger partial charge in [0, 0.05) is 11.0 Å². The molecule has 2 aliphatic rings. The second-order valence-corrected chi connectivity index (χ2v) is 9.17. The van der Waals surface area contributed by atoms with Gasteiger partial charge in [0.2, 0.25) is 12.6 Å². The van der Waals surface area contributed by atoms with Gasteiger partial charge in [0.15, 0.2) is 16.9 Å². The summed E-state index contributed by atoms with van der Waals surface area (Å²) in [6, 6.07) is 18.1. The SMILES string of the molecule is Cc1ccc2oc3c(c(=O)c2c1)C(c1cccc(Br)c1)N(Cc1ccc2c(c1)OCO2)C3=O. The molecule has 2 aliphatic heterocycles. The van der Waals surface area contributed by atoms with E-state index in [1.807, 2.05) is 61.5 Å². The lowest BCUT2D eigenvalue weighted by Crippen LogP contribution is -2.29. The fourth-order valence-electron chi connectivity index (χ4n) is 4.56. The van der Waals surface area contributed by atoms with Crippen molar-refractivity contribution in [2.24, 2.45) is 0 Å². The van der Waals surface area contributed by atoms with E-state index in [9.17, 15) is 9.59 Å². The van der Waals surface area contributed by atoms with Crippen LogP contribution in [-0.4, -0.2) is 17.6 Å². The van der Waals surface area contributed by atoms with Crippen molar-refractivity contribution in [3.8, 4) is 11.5 Å². The van der Waals surface area contributed by atoms with Gasteiger partial charge in [0.1, 0.15) is 5.58 Å². The van der Waals surface area contributed by atoms with Crippen molar-refractivity contribution in [3.05, 3.63) is 103 Å². The van der Waals surface area contributed by atoms with Gasteiger partial charge in [-0.15, -0.1) is 0 Å². The Bertz CT molecular complexity index is 1510. The molecule has 0 radical (unpaired) electrons. The van der Waals surface area contributed by atoms with Crippen molar-refractivity contribution < 1.29 is 18.7 Å². The molecule has 0 fully saturated rings. The number of nitrogens with zero attached hydrogens (tertiary/aromatic N) is 1. The summed E-state index contributed by atoms with van der Waals surface area (Å²) in [6.45, 7) is 2.39. The second kappa shape index (κ2) is 7.49. The van der Waals surface area contributed by atoms with Crippen molar-refractivity contribution in [1.29, 1.82) is 0 Å². The van der Waals surface area contributed by atoms with E-state index in [4.69, 9.17) is 13.9 Å². The molecule has 0 saturated heterocycles. The molecule has 3 heterocycles. The Morgan fingerprint density at radius 1 is 1.00 bits per heavy atom. The van der Waals surface area contributed by atoms with E-state index in [0.29, 0.717) is 28.0 Å². The van der Waals surface area contributed by atoms with Gasteiger partial charge in [-0.3, -0.25) is 9.59 Å². The number of ether oxygens (including phenoxy) is 2. The molecular weight excluding hydrogens is 486 g/mol. The molecule has 1 atom stereocenters. The van der Waals surface area contributed by atoms with Crippen LogP contribution in [0, 0.1) is 6.92 Å². The van der Waals surface area contributed by atoms with Gasteiger partial charge >= 0.3 is 0 Å². The Labute approximate surface area is 197 Å². The first-order valence-electron chi connectivity index (χ1n) is 10.5. The third-order valence-electron chi connectivity index (χ3n) is 6.08. The normalized spacial score (nSPS) is 16.5. The van der Waals surface area contributed by atoms with Crippen LogP contribution >= 0.6 is 15.9 Å². The molecule has 0 spiro atoms. The molecule has 0 N–H and O–H groups in total. The van der Waals surface area contributed by atoms with Crippen molar-refractivity contribution in [1.82, 2.24) is 4.90 Å². The molecule has 164 valence electrons. The van der Waals surface area contributed by atoms with Crippen LogP contribution < -0.4 is 14.9 Å². The maximum absolute atomic E-state index is 13.7. The third-order valence-corrected chi connectivity index (χ3v) is 6.57. The van der Waals surface area contributed by atoms with Crippen LogP contribution in [0.1, 0.15) is 38.9 Å². The van der Waals surface area contributed by atoms with Gasteiger partial charge < -0.3 is 18.8 Å². The molecule has 0 saturated carbocycles. The summed E-state index contributed by atoms with van der Waals surface area (Å²) in [4.78, 5) is 28.9. The Hall–Kier alpha value is -3.58. The smallest absolute Gasteiger partial charge is 0.291 e. The number of rotatable bonds is 3. The van der Waals surface area contributed by atoms with E-state index in [1.165, 1.54) is 0 Å². The molecule has 3 aromatic carbocycles. The fourth-order valence-corrected chi connectivity index (χ4v) is 4.97. The predicted octanol–water partition coefficient (Wildman–Crippen LogP) is 5.34. The van der Waals surface area contributed by atoms with Crippen LogP contribution in [-0.2, 0) is 6.54 Å². The lowest BCUT2D eigenvalue weighted by molar-refractivity contribution is 0.0714. The molecule has 6 rings (SSSR count).